The number of nitrogens with one attached hydrogen (secondary N) is 4. The molecule has 0 spiro atoms. The van der Waals surface area contributed by atoms with Gasteiger partial charge in [0.15, 0.2) is 0 Å². The Kier molecular flexibility index (Phi) is 11.3. The van der Waals surface area contributed by atoms with Crippen molar-refractivity contribution in [3.63, 3.8) is 0 Å². The summed E-state index contributed by atoms with van der Waals surface area (Å²) in [6, 6.07) is 24.4. The summed E-state index contributed by atoms with van der Waals surface area (Å²) in [6.07, 6.45) is 6.57. The van der Waals surface area contributed by atoms with E-state index in [2.05, 4.69) is 58.1 Å². The van der Waals surface area contributed by atoms with Crippen LogP contribution in [0, 0.1) is 0 Å². The first-order chi connectivity index (χ1) is 23.7. The summed E-state index contributed by atoms with van der Waals surface area (Å²) in [7, 11) is 1.56. The molecular formula is C39H44N6O4. The molecule has 10 nitrogen and oxygen atoms in total. The minimum atomic E-state index is -0.427. The number of amides is 3. The summed E-state index contributed by atoms with van der Waals surface area (Å²) in [5.74, 6) is 2.27. The van der Waals surface area contributed by atoms with Crippen LogP contribution >= 0.6 is 0 Å². The highest BCUT2D eigenvalue weighted by molar-refractivity contribution is 6.08. The summed E-state index contributed by atoms with van der Waals surface area (Å²) >= 11 is 0. The van der Waals surface area contributed by atoms with Gasteiger partial charge in [-0.15, -0.1) is 0 Å². The molecule has 5 rings (SSSR count). The Balaban J connectivity index is 1.37. The van der Waals surface area contributed by atoms with E-state index in [1.165, 1.54) is 6.92 Å². The number of benzene rings is 3. The van der Waals surface area contributed by atoms with Crippen LogP contribution in [0.1, 0.15) is 63.8 Å². The van der Waals surface area contributed by atoms with E-state index in [4.69, 9.17) is 9.47 Å². The number of pyridine rings is 2. The Hall–Kier alpha value is -5.64. The Morgan fingerprint density at radius 2 is 1.61 bits per heavy atom. The van der Waals surface area contributed by atoms with Gasteiger partial charge in [-0.1, -0.05) is 63.9 Å². The maximum absolute atomic E-state index is 13.6. The Morgan fingerprint density at radius 3 is 2.35 bits per heavy atom. The third-order valence-electron chi connectivity index (χ3n) is 8.35. The zero-order valence-corrected chi connectivity index (χ0v) is 28.7. The van der Waals surface area contributed by atoms with E-state index in [-0.39, 0.29) is 17.9 Å². The van der Waals surface area contributed by atoms with E-state index < -0.39 is 6.03 Å². The molecule has 49 heavy (non-hydrogen) atoms. The molecule has 0 radical (unpaired) electrons. The molecule has 0 atom stereocenters. The van der Waals surface area contributed by atoms with Crippen LogP contribution in [0.2, 0.25) is 0 Å². The summed E-state index contributed by atoms with van der Waals surface area (Å²) in [6.45, 7) is 8.84. The van der Waals surface area contributed by atoms with Gasteiger partial charge in [0, 0.05) is 48.3 Å². The molecule has 0 bridgehead atoms. The van der Waals surface area contributed by atoms with Crippen molar-refractivity contribution in [3.05, 3.63) is 108 Å². The number of anilines is 3. The lowest BCUT2D eigenvalue weighted by atomic mass is 9.79. The number of unbranched alkanes of at least 4 members (excludes halogenated alkanes) is 1. The fourth-order valence-electron chi connectivity index (χ4n) is 5.66. The van der Waals surface area contributed by atoms with E-state index in [0.717, 1.165) is 46.9 Å². The summed E-state index contributed by atoms with van der Waals surface area (Å²) in [4.78, 5) is 34.1. The number of urea groups is 1. The van der Waals surface area contributed by atoms with Gasteiger partial charge in [0.2, 0.25) is 5.91 Å². The predicted molar refractivity (Wildman–Crippen MR) is 196 cm³/mol. The van der Waals surface area contributed by atoms with Gasteiger partial charge in [0.1, 0.15) is 23.1 Å². The molecular weight excluding hydrogens is 616 g/mol. The van der Waals surface area contributed by atoms with Gasteiger partial charge in [0.05, 0.1) is 30.7 Å². The van der Waals surface area contributed by atoms with Crippen molar-refractivity contribution in [2.75, 3.05) is 23.1 Å². The number of carbonyl (C=O) groups is 2. The molecule has 0 saturated heterocycles. The van der Waals surface area contributed by atoms with Crippen molar-refractivity contribution in [3.8, 4) is 17.2 Å². The Labute approximate surface area is 287 Å². The van der Waals surface area contributed by atoms with Crippen molar-refractivity contribution >= 4 is 39.9 Å². The summed E-state index contributed by atoms with van der Waals surface area (Å²) in [5.41, 5.74) is 3.73. The number of carbonyl (C=O) groups excluding carboxylic acids is 2. The lowest BCUT2D eigenvalue weighted by Gasteiger charge is -2.28. The number of hydrogen-bond donors (Lipinski definition) is 4. The highest BCUT2D eigenvalue weighted by atomic mass is 16.5. The third-order valence-corrected chi connectivity index (χ3v) is 8.35. The van der Waals surface area contributed by atoms with Gasteiger partial charge in [-0.2, -0.15) is 0 Å². The molecule has 10 heteroatoms. The van der Waals surface area contributed by atoms with Crippen LogP contribution in [0.25, 0.3) is 10.8 Å². The smallest absolute Gasteiger partial charge is 0.323 e. The van der Waals surface area contributed by atoms with E-state index in [1.54, 1.807) is 25.6 Å². The molecule has 3 amide bonds. The zero-order valence-electron chi connectivity index (χ0n) is 28.7. The van der Waals surface area contributed by atoms with Crippen LogP contribution in [-0.2, 0) is 23.3 Å². The van der Waals surface area contributed by atoms with Crippen LogP contribution in [0.5, 0.6) is 17.2 Å². The second-order valence-electron chi connectivity index (χ2n) is 12.5. The predicted octanol–water partition coefficient (Wildman–Crippen LogP) is 8.79. The lowest BCUT2D eigenvalue weighted by molar-refractivity contribution is -0.119. The van der Waals surface area contributed by atoms with Gasteiger partial charge in [-0.05, 0) is 59.9 Å². The maximum Gasteiger partial charge on any atom is 0.323 e. The summed E-state index contributed by atoms with van der Waals surface area (Å²) < 4.78 is 12.1. The number of hydrogen-bond acceptors (Lipinski definition) is 7. The minimum absolute atomic E-state index is 0.147. The van der Waals surface area contributed by atoms with Crippen LogP contribution in [0.15, 0.2) is 91.3 Å². The molecule has 254 valence electrons. The lowest BCUT2D eigenvalue weighted by Crippen LogP contribution is -2.24. The first-order valence-electron chi connectivity index (χ1n) is 16.5. The van der Waals surface area contributed by atoms with Gasteiger partial charge >= 0.3 is 6.03 Å². The Morgan fingerprint density at radius 1 is 0.837 bits per heavy atom. The highest BCUT2D eigenvalue weighted by Crippen LogP contribution is 2.39. The van der Waals surface area contributed by atoms with E-state index in [9.17, 15) is 9.59 Å². The van der Waals surface area contributed by atoms with Crippen molar-refractivity contribution < 1.29 is 19.1 Å². The van der Waals surface area contributed by atoms with E-state index >= 15 is 0 Å². The highest BCUT2D eigenvalue weighted by Gasteiger charge is 2.24. The van der Waals surface area contributed by atoms with Crippen LogP contribution < -0.4 is 30.7 Å². The van der Waals surface area contributed by atoms with Crippen molar-refractivity contribution in [2.24, 2.45) is 0 Å². The number of fused-ring (bicyclic) bond motifs is 1. The number of ether oxygens (including phenoxy) is 2. The molecule has 0 aliphatic carbocycles. The summed E-state index contributed by atoms with van der Waals surface area (Å²) in [5, 5.41) is 13.8. The normalized spacial score (nSPS) is 11.1. The zero-order chi connectivity index (χ0) is 34.8. The van der Waals surface area contributed by atoms with Gasteiger partial charge < -0.3 is 30.7 Å². The number of nitrogens with zero attached hydrogens (tertiary/aromatic N) is 2. The average Bonchev–Trinajstić information content (AvgIpc) is 3.10. The topological polar surface area (TPSA) is 127 Å². The monoisotopic (exact) mass is 660 g/mol. The molecule has 2 heterocycles. The second-order valence-corrected chi connectivity index (χ2v) is 12.5. The van der Waals surface area contributed by atoms with E-state index in [0.29, 0.717) is 41.0 Å². The average molecular weight is 661 g/mol. The second kappa shape index (κ2) is 16.0. The molecule has 0 aliphatic heterocycles. The van der Waals surface area contributed by atoms with Crippen molar-refractivity contribution in [1.29, 1.82) is 0 Å². The quantitative estimate of drug-likeness (QED) is 0.0938. The number of methoxy groups -OCH3 is 1. The van der Waals surface area contributed by atoms with Crippen LogP contribution in [0.3, 0.4) is 0 Å². The molecule has 3 aromatic carbocycles. The van der Waals surface area contributed by atoms with E-state index in [1.807, 2.05) is 66.7 Å². The first-order valence-corrected chi connectivity index (χ1v) is 16.5. The fourth-order valence-corrected chi connectivity index (χ4v) is 5.66. The van der Waals surface area contributed by atoms with Crippen LogP contribution in [-0.4, -0.2) is 29.0 Å². The Bertz CT molecular complexity index is 1910. The molecule has 0 unspecified atom stereocenters. The van der Waals surface area contributed by atoms with Gasteiger partial charge in [-0.25, -0.2) is 9.78 Å². The SMILES string of the molecule is CCCCC(C)(C)c1cc(CNC(C)=O)c(OC)c(NC(=O)Nc2ccc(Oc3ccnc(NCc4ccccn4)c3)c3ccccc23)c1. The van der Waals surface area contributed by atoms with Gasteiger partial charge in [-0.3, -0.25) is 9.78 Å². The first kappa shape index (κ1) is 34.7. The molecule has 2 aromatic heterocycles. The number of rotatable bonds is 14. The fraction of sp³-hybridized carbons (Fsp3) is 0.282. The molecule has 0 aliphatic rings. The van der Waals surface area contributed by atoms with Crippen molar-refractivity contribution in [2.45, 2.75) is 65.5 Å². The maximum atomic E-state index is 13.6. The largest absolute Gasteiger partial charge is 0.494 e. The van der Waals surface area contributed by atoms with Crippen molar-refractivity contribution in [1.82, 2.24) is 15.3 Å². The number of aromatic nitrogens is 2. The molecule has 0 fully saturated rings. The molecule has 4 N–H and O–H groups in total. The van der Waals surface area contributed by atoms with Gasteiger partial charge in [0.25, 0.3) is 0 Å². The molecule has 0 saturated carbocycles. The standard InChI is InChI=1S/C39H44N6O4/c1-6-7-18-39(3,4)28-21-27(24-42-26(2)46)37(48-5)34(22-28)45-38(47)44-33-15-16-35(32-14-9-8-13-31(32)33)49-30-17-20-41-36(23-30)43-25-29-12-10-11-19-40-29/h8-17,19-23H,6-7,18,24-25H2,1-5H3,(H,41,43)(H,42,46)(H2,44,45,47). The third kappa shape index (κ3) is 9.04. The molecule has 5 aromatic rings. The van der Waals surface area contributed by atoms with Crippen LogP contribution in [0.4, 0.5) is 22.0 Å². The minimum Gasteiger partial charge on any atom is -0.494 e.